The molecule has 102 valence electrons. The van der Waals surface area contributed by atoms with E-state index in [1.165, 1.54) is 19.3 Å². The maximum Gasteiger partial charge on any atom is 0.254 e. The van der Waals surface area contributed by atoms with Gasteiger partial charge in [0, 0.05) is 6.07 Å². The largest absolute Gasteiger partial charge is 1.00 e. The van der Waals surface area contributed by atoms with Gasteiger partial charge in [-0.05, 0) is 12.5 Å². The molecule has 0 bridgehead atoms. The minimum Gasteiger partial charge on any atom is -1.00 e. The molecule has 0 radical (unpaired) electrons. The second kappa shape index (κ2) is 9.85. The number of nitrogens with zero attached hydrogens (tertiary/aromatic N) is 1. The lowest BCUT2D eigenvalue weighted by atomic mass is 10.2. The SMILES string of the molecule is CCCCCCOC[n+]1cccc(C(N)=O)c1.[Cl-]. The molecule has 0 atom stereocenters. The predicted octanol–water partition coefficient (Wildman–Crippen LogP) is -1.37. The topological polar surface area (TPSA) is 56.2 Å². The Morgan fingerprint density at radius 3 is 2.83 bits per heavy atom. The minimum absolute atomic E-state index is 0. The Bertz CT molecular complexity index is 359. The number of carbonyl (C=O) groups is 1. The summed E-state index contributed by atoms with van der Waals surface area (Å²) >= 11 is 0. The van der Waals surface area contributed by atoms with Gasteiger partial charge in [0.05, 0.1) is 6.61 Å². The monoisotopic (exact) mass is 272 g/mol. The number of nitrogens with two attached hydrogens (primary N) is 1. The normalized spacial score (nSPS) is 9.83. The smallest absolute Gasteiger partial charge is 0.254 e. The Morgan fingerprint density at radius 1 is 1.39 bits per heavy atom. The molecule has 0 aromatic carbocycles. The van der Waals surface area contributed by atoms with Gasteiger partial charge in [0.1, 0.15) is 5.56 Å². The van der Waals surface area contributed by atoms with Gasteiger partial charge >= 0.3 is 0 Å². The highest BCUT2D eigenvalue weighted by Crippen LogP contribution is 1.98. The highest BCUT2D eigenvalue weighted by molar-refractivity contribution is 5.92. The number of amides is 1. The first-order valence-electron chi connectivity index (χ1n) is 6.10. The summed E-state index contributed by atoms with van der Waals surface area (Å²) in [4.78, 5) is 11.0. The van der Waals surface area contributed by atoms with Gasteiger partial charge < -0.3 is 22.9 Å². The summed E-state index contributed by atoms with van der Waals surface area (Å²) in [5, 5.41) is 0. The predicted molar refractivity (Wildman–Crippen MR) is 65.2 cm³/mol. The fourth-order valence-electron chi connectivity index (χ4n) is 1.55. The Labute approximate surface area is 115 Å². The van der Waals surface area contributed by atoms with E-state index in [9.17, 15) is 4.79 Å². The number of unbranched alkanes of at least 4 members (excludes halogenated alkanes) is 3. The Morgan fingerprint density at radius 2 is 2.17 bits per heavy atom. The van der Waals surface area contributed by atoms with Crippen LogP contribution in [-0.2, 0) is 11.5 Å². The molecule has 0 aliphatic carbocycles. The Kier molecular flexibility index (Phi) is 9.24. The second-order valence-electron chi connectivity index (χ2n) is 4.07. The molecular weight excluding hydrogens is 252 g/mol. The van der Waals surface area contributed by atoms with Crippen LogP contribution in [0.15, 0.2) is 24.5 Å². The van der Waals surface area contributed by atoms with Crippen LogP contribution in [0, 0.1) is 0 Å². The van der Waals surface area contributed by atoms with E-state index < -0.39 is 5.91 Å². The average molecular weight is 273 g/mol. The molecule has 0 spiro atoms. The maximum atomic E-state index is 11.0. The molecule has 0 unspecified atom stereocenters. The molecule has 0 fully saturated rings. The molecule has 1 rings (SSSR count). The molecule has 0 aliphatic heterocycles. The average Bonchev–Trinajstić information content (AvgIpc) is 2.34. The number of hydrogen-bond acceptors (Lipinski definition) is 2. The fourth-order valence-corrected chi connectivity index (χ4v) is 1.55. The summed E-state index contributed by atoms with van der Waals surface area (Å²) in [5.41, 5.74) is 5.70. The van der Waals surface area contributed by atoms with Crippen LogP contribution in [0.25, 0.3) is 0 Å². The summed E-state index contributed by atoms with van der Waals surface area (Å²) in [7, 11) is 0. The Balaban J connectivity index is 0.00000289. The third-order valence-corrected chi connectivity index (χ3v) is 2.53. The van der Waals surface area contributed by atoms with Gasteiger partial charge in [-0.1, -0.05) is 26.2 Å². The summed E-state index contributed by atoms with van der Waals surface area (Å²) in [6.07, 6.45) is 8.35. The van der Waals surface area contributed by atoms with E-state index in [0.29, 0.717) is 12.3 Å². The number of aromatic nitrogens is 1. The van der Waals surface area contributed by atoms with Crippen LogP contribution in [0.2, 0.25) is 0 Å². The van der Waals surface area contributed by atoms with Crippen LogP contribution < -0.4 is 22.7 Å². The summed E-state index contributed by atoms with van der Waals surface area (Å²) in [6.45, 7) is 3.41. The van der Waals surface area contributed by atoms with Gasteiger partial charge in [-0.15, -0.1) is 0 Å². The third kappa shape index (κ3) is 6.57. The van der Waals surface area contributed by atoms with Crippen molar-refractivity contribution >= 4 is 5.91 Å². The fraction of sp³-hybridized carbons (Fsp3) is 0.538. The molecule has 1 heterocycles. The number of carbonyl (C=O) groups excluding carboxylic acids is 1. The van der Waals surface area contributed by atoms with E-state index in [1.807, 2.05) is 10.8 Å². The molecule has 1 amide bonds. The van der Waals surface area contributed by atoms with Gasteiger partial charge in [-0.3, -0.25) is 4.79 Å². The minimum atomic E-state index is -0.415. The molecule has 4 nitrogen and oxygen atoms in total. The first-order valence-corrected chi connectivity index (χ1v) is 6.10. The molecule has 0 aliphatic rings. The van der Waals surface area contributed by atoms with Crippen molar-refractivity contribution in [3.05, 3.63) is 30.1 Å². The van der Waals surface area contributed by atoms with E-state index >= 15 is 0 Å². The van der Waals surface area contributed by atoms with E-state index in [2.05, 4.69) is 6.92 Å². The van der Waals surface area contributed by atoms with Crippen LogP contribution >= 0.6 is 0 Å². The van der Waals surface area contributed by atoms with Crippen LogP contribution in [0.4, 0.5) is 0 Å². The number of primary amides is 1. The quantitative estimate of drug-likeness (QED) is 0.469. The molecule has 0 saturated carbocycles. The molecule has 0 saturated heterocycles. The van der Waals surface area contributed by atoms with E-state index in [4.69, 9.17) is 10.5 Å². The first kappa shape index (κ1) is 16.9. The lowest BCUT2D eigenvalue weighted by Gasteiger charge is -2.01. The maximum absolute atomic E-state index is 11.0. The number of hydrogen-bond donors (Lipinski definition) is 1. The zero-order chi connectivity index (χ0) is 12.5. The van der Waals surface area contributed by atoms with Crippen molar-refractivity contribution in [1.29, 1.82) is 0 Å². The van der Waals surface area contributed by atoms with Gasteiger partial charge in [0.15, 0.2) is 12.4 Å². The lowest BCUT2D eigenvalue weighted by Crippen LogP contribution is -3.00. The third-order valence-electron chi connectivity index (χ3n) is 2.53. The number of rotatable bonds is 8. The standard InChI is InChI=1S/C13H20N2O2.ClH/c1-2-3-4-5-9-17-11-15-8-6-7-12(10-15)13(14)16;/h6-8,10H,2-5,9,11H2,1H3,(H-,14,16);1H. The van der Waals surface area contributed by atoms with Crippen molar-refractivity contribution in [3.8, 4) is 0 Å². The zero-order valence-electron chi connectivity index (χ0n) is 10.8. The number of ether oxygens (including phenoxy) is 1. The van der Waals surface area contributed by atoms with Crippen molar-refractivity contribution in [3.63, 3.8) is 0 Å². The molecular formula is C13H21ClN2O2. The molecule has 5 heteroatoms. The Hall–Kier alpha value is -1.13. The van der Waals surface area contributed by atoms with E-state index in [-0.39, 0.29) is 12.4 Å². The van der Waals surface area contributed by atoms with Crippen molar-refractivity contribution in [2.75, 3.05) is 6.61 Å². The van der Waals surface area contributed by atoms with Gasteiger partial charge in [0.25, 0.3) is 12.6 Å². The van der Waals surface area contributed by atoms with Crippen LogP contribution in [-0.4, -0.2) is 12.5 Å². The molecule has 1 aromatic heterocycles. The lowest BCUT2D eigenvalue weighted by molar-refractivity contribution is -0.732. The number of halogens is 1. The summed E-state index contributed by atoms with van der Waals surface area (Å²) < 4.78 is 7.33. The van der Waals surface area contributed by atoms with Crippen molar-refractivity contribution in [1.82, 2.24) is 0 Å². The van der Waals surface area contributed by atoms with Gasteiger partial charge in [-0.25, -0.2) is 0 Å². The van der Waals surface area contributed by atoms with Crippen molar-refractivity contribution in [2.45, 2.75) is 39.3 Å². The van der Waals surface area contributed by atoms with E-state index in [1.54, 1.807) is 18.3 Å². The first-order chi connectivity index (χ1) is 8.24. The molecule has 2 N–H and O–H groups in total. The highest BCUT2D eigenvalue weighted by atomic mass is 35.5. The van der Waals surface area contributed by atoms with Crippen molar-refractivity contribution < 1.29 is 26.5 Å². The van der Waals surface area contributed by atoms with Crippen LogP contribution in [0.5, 0.6) is 0 Å². The van der Waals surface area contributed by atoms with Gasteiger partial charge in [0.2, 0.25) is 0 Å². The highest BCUT2D eigenvalue weighted by Gasteiger charge is 2.06. The van der Waals surface area contributed by atoms with Gasteiger partial charge in [-0.2, -0.15) is 4.57 Å². The van der Waals surface area contributed by atoms with E-state index in [0.717, 1.165) is 13.0 Å². The van der Waals surface area contributed by atoms with Crippen LogP contribution in [0.3, 0.4) is 0 Å². The summed E-state index contributed by atoms with van der Waals surface area (Å²) in [6, 6.07) is 3.49. The van der Waals surface area contributed by atoms with Crippen molar-refractivity contribution in [2.24, 2.45) is 5.73 Å². The number of pyridine rings is 1. The molecule has 1 aromatic rings. The zero-order valence-corrected chi connectivity index (χ0v) is 11.5. The second-order valence-corrected chi connectivity index (χ2v) is 4.07. The molecule has 18 heavy (non-hydrogen) atoms. The van der Waals surface area contributed by atoms with Crippen LogP contribution in [0.1, 0.15) is 43.0 Å². The summed E-state index contributed by atoms with van der Waals surface area (Å²) in [5.74, 6) is -0.415.